The van der Waals surface area contributed by atoms with Crippen LogP contribution in [0.25, 0.3) is 0 Å². The van der Waals surface area contributed by atoms with Gasteiger partial charge >= 0.3 is 0 Å². The summed E-state index contributed by atoms with van der Waals surface area (Å²) in [5, 5.41) is 13.6. The van der Waals surface area contributed by atoms with Crippen LogP contribution in [0.5, 0.6) is 0 Å². The summed E-state index contributed by atoms with van der Waals surface area (Å²) in [5.41, 5.74) is -0.208. The molecule has 2 rings (SSSR count). The quantitative estimate of drug-likeness (QED) is 0.647. The highest BCUT2D eigenvalue weighted by Crippen LogP contribution is 2.19. The molecule has 0 bridgehead atoms. The van der Waals surface area contributed by atoms with Gasteiger partial charge in [0.2, 0.25) is 0 Å². The van der Waals surface area contributed by atoms with Crippen LogP contribution < -0.4 is 5.32 Å². The molecule has 0 aliphatic carbocycles. The lowest BCUT2D eigenvalue weighted by atomic mass is 10.0. The molecule has 0 saturated carbocycles. The van der Waals surface area contributed by atoms with E-state index in [9.17, 15) is 18.5 Å². The fourth-order valence-corrected chi connectivity index (χ4v) is 3.72. The molecule has 8 heteroatoms. The number of nitrogens with one attached hydrogen (secondary N) is 1. The molecular formula is C11H15N3O4S. The van der Waals surface area contributed by atoms with Gasteiger partial charge in [0.1, 0.15) is 6.20 Å². The summed E-state index contributed by atoms with van der Waals surface area (Å²) in [7, 11) is -3.46. The molecule has 0 unspecified atom stereocenters. The Balaban J connectivity index is 2.12. The van der Waals surface area contributed by atoms with Gasteiger partial charge in [0.05, 0.1) is 10.7 Å². The smallest absolute Gasteiger partial charge is 0.287 e. The Labute approximate surface area is 111 Å². The molecule has 2 heterocycles. The molecule has 0 amide bonds. The number of hydrogen-bond acceptors (Lipinski definition) is 6. The van der Waals surface area contributed by atoms with Crippen LogP contribution in [0.3, 0.4) is 0 Å². The third-order valence-electron chi connectivity index (χ3n) is 3.16. The van der Waals surface area contributed by atoms with Crippen molar-refractivity contribution in [1.82, 2.24) is 10.3 Å². The first-order valence-electron chi connectivity index (χ1n) is 6.03. The van der Waals surface area contributed by atoms with Crippen LogP contribution >= 0.6 is 0 Å². The van der Waals surface area contributed by atoms with E-state index < -0.39 is 14.8 Å². The van der Waals surface area contributed by atoms with Crippen molar-refractivity contribution in [3.05, 3.63) is 28.4 Å². The van der Waals surface area contributed by atoms with E-state index >= 15 is 0 Å². The van der Waals surface area contributed by atoms with Crippen LogP contribution in [0, 0.1) is 16.0 Å². The fourth-order valence-electron chi connectivity index (χ4n) is 2.11. The Morgan fingerprint density at radius 2 is 2.05 bits per heavy atom. The molecule has 1 aliphatic heterocycles. The lowest BCUT2D eigenvalue weighted by Gasteiger charge is -2.21. The van der Waals surface area contributed by atoms with Crippen molar-refractivity contribution in [2.45, 2.75) is 17.9 Å². The summed E-state index contributed by atoms with van der Waals surface area (Å²) >= 11 is 0. The maximum Gasteiger partial charge on any atom is 0.287 e. The number of nitrogens with zero attached hydrogens (tertiary/aromatic N) is 2. The molecule has 1 aromatic rings. The molecule has 1 saturated heterocycles. The third kappa shape index (κ3) is 3.48. The van der Waals surface area contributed by atoms with E-state index in [0.29, 0.717) is 0 Å². The number of sulfone groups is 1. The van der Waals surface area contributed by atoms with Gasteiger partial charge in [-0.2, -0.15) is 0 Å². The van der Waals surface area contributed by atoms with E-state index in [1.807, 2.05) is 0 Å². The molecular weight excluding hydrogens is 270 g/mol. The van der Waals surface area contributed by atoms with Crippen molar-refractivity contribution < 1.29 is 13.3 Å². The number of pyridine rings is 1. The molecule has 104 valence electrons. The van der Waals surface area contributed by atoms with E-state index in [0.717, 1.165) is 32.1 Å². The summed E-state index contributed by atoms with van der Waals surface area (Å²) in [5.74, 6) is 0.183. The standard InChI is InChI=1S/C11H15N3O4S/c15-14(16)10-1-2-11(13-7-10)19(17,18)8-9-3-5-12-6-4-9/h1-2,7,9,12H,3-6,8H2. The lowest BCUT2D eigenvalue weighted by molar-refractivity contribution is -0.385. The van der Waals surface area contributed by atoms with Gasteiger partial charge in [-0.05, 0) is 37.9 Å². The molecule has 1 fully saturated rings. The third-order valence-corrected chi connectivity index (χ3v) is 4.95. The summed E-state index contributed by atoms with van der Waals surface area (Å²) in [4.78, 5) is 13.6. The van der Waals surface area contributed by atoms with Gasteiger partial charge in [-0.15, -0.1) is 0 Å². The molecule has 1 aliphatic rings. The van der Waals surface area contributed by atoms with Gasteiger partial charge < -0.3 is 5.32 Å². The molecule has 7 nitrogen and oxygen atoms in total. The minimum atomic E-state index is -3.46. The number of rotatable bonds is 4. The van der Waals surface area contributed by atoms with Crippen LogP contribution in [0.4, 0.5) is 5.69 Å². The highest BCUT2D eigenvalue weighted by Gasteiger charge is 2.24. The second-order valence-corrected chi connectivity index (χ2v) is 6.57. The average Bonchev–Trinajstić information content (AvgIpc) is 2.39. The minimum absolute atomic E-state index is 0.0551. The molecule has 0 spiro atoms. The van der Waals surface area contributed by atoms with Crippen molar-refractivity contribution in [3.8, 4) is 0 Å². The topological polar surface area (TPSA) is 102 Å². The Bertz CT molecular complexity index is 550. The van der Waals surface area contributed by atoms with E-state index in [4.69, 9.17) is 0 Å². The number of aromatic nitrogens is 1. The van der Waals surface area contributed by atoms with Crippen molar-refractivity contribution in [2.24, 2.45) is 5.92 Å². The Kier molecular flexibility index (Phi) is 4.11. The van der Waals surface area contributed by atoms with Crippen molar-refractivity contribution in [2.75, 3.05) is 18.8 Å². The van der Waals surface area contributed by atoms with Crippen molar-refractivity contribution >= 4 is 15.5 Å². The highest BCUT2D eigenvalue weighted by molar-refractivity contribution is 7.91. The first-order chi connectivity index (χ1) is 8.99. The van der Waals surface area contributed by atoms with Gasteiger partial charge in [-0.3, -0.25) is 10.1 Å². The predicted octanol–water partition coefficient (Wildman–Crippen LogP) is 0.763. The largest absolute Gasteiger partial charge is 0.317 e. The maximum absolute atomic E-state index is 12.1. The van der Waals surface area contributed by atoms with E-state index in [2.05, 4.69) is 10.3 Å². The highest BCUT2D eigenvalue weighted by atomic mass is 32.2. The lowest BCUT2D eigenvalue weighted by Crippen LogP contribution is -2.31. The van der Waals surface area contributed by atoms with E-state index in [1.165, 1.54) is 12.1 Å². The zero-order chi connectivity index (χ0) is 13.9. The maximum atomic E-state index is 12.1. The van der Waals surface area contributed by atoms with Crippen LogP contribution in [-0.2, 0) is 9.84 Å². The zero-order valence-corrected chi connectivity index (χ0v) is 11.1. The molecule has 0 radical (unpaired) electrons. The first-order valence-corrected chi connectivity index (χ1v) is 7.68. The monoisotopic (exact) mass is 285 g/mol. The van der Waals surface area contributed by atoms with Crippen LogP contribution in [0.2, 0.25) is 0 Å². The predicted molar refractivity (Wildman–Crippen MR) is 68.5 cm³/mol. The molecule has 19 heavy (non-hydrogen) atoms. The van der Waals surface area contributed by atoms with Crippen molar-refractivity contribution in [3.63, 3.8) is 0 Å². The summed E-state index contributed by atoms with van der Waals surface area (Å²) in [6.07, 6.45) is 2.63. The zero-order valence-electron chi connectivity index (χ0n) is 10.3. The average molecular weight is 285 g/mol. The van der Waals surface area contributed by atoms with Gasteiger partial charge in [0, 0.05) is 6.07 Å². The van der Waals surface area contributed by atoms with E-state index in [1.54, 1.807) is 0 Å². The van der Waals surface area contributed by atoms with Gasteiger partial charge in [0.15, 0.2) is 14.9 Å². The minimum Gasteiger partial charge on any atom is -0.317 e. The second-order valence-electron chi connectivity index (χ2n) is 4.59. The molecule has 1 N–H and O–H groups in total. The fraction of sp³-hybridized carbons (Fsp3) is 0.545. The van der Waals surface area contributed by atoms with Crippen LogP contribution in [0.15, 0.2) is 23.4 Å². The second kappa shape index (κ2) is 5.62. The Hall–Kier alpha value is -1.54. The SMILES string of the molecule is O=[N+]([O-])c1ccc(S(=O)(=O)CC2CCNCC2)nc1. The van der Waals surface area contributed by atoms with E-state index in [-0.39, 0.29) is 22.4 Å². The van der Waals surface area contributed by atoms with Crippen LogP contribution in [-0.4, -0.2) is 37.2 Å². The summed E-state index contributed by atoms with van der Waals surface area (Å²) in [6.45, 7) is 1.65. The number of piperidine rings is 1. The van der Waals surface area contributed by atoms with Crippen molar-refractivity contribution in [1.29, 1.82) is 0 Å². The molecule has 0 atom stereocenters. The summed E-state index contributed by atoms with van der Waals surface area (Å²) in [6, 6.07) is 2.37. The Morgan fingerprint density at radius 1 is 1.37 bits per heavy atom. The van der Waals surface area contributed by atoms with Gasteiger partial charge in [-0.1, -0.05) is 0 Å². The summed E-state index contributed by atoms with van der Waals surface area (Å²) < 4.78 is 24.3. The van der Waals surface area contributed by atoms with Gasteiger partial charge in [0.25, 0.3) is 5.69 Å². The van der Waals surface area contributed by atoms with Crippen LogP contribution in [0.1, 0.15) is 12.8 Å². The Morgan fingerprint density at radius 3 is 2.58 bits per heavy atom. The number of nitro groups is 1. The molecule has 0 aromatic carbocycles. The normalized spacial score (nSPS) is 17.3. The first kappa shape index (κ1) is 13.9. The number of hydrogen-bond donors (Lipinski definition) is 1. The van der Waals surface area contributed by atoms with Gasteiger partial charge in [-0.25, -0.2) is 13.4 Å². The molecule has 1 aromatic heterocycles.